The Morgan fingerprint density at radius 2 is 1.84 bits per heavy atom. The van der Waals surface area contributed by atoms with Crippen molar-refractivity contribution in [2.24, 2.45) is 0 Å². The van der Waals surface area contributed by atoms with Crippen LogP contribution in [0.4, 0.5) is 10.2 Å². The normalized spacial score (nSPS) is 14.6. The van der Waals surface area contributed by atoms with Gasteiger partial charge in [-0.2, -0.15) is 0 Å². The fourth-order valence-electron chi connectivity index (χ4n) is 4.02. The van der Waals surface area contributed by atoms with Crippen molar-refractivity contribution >= 4 is 11.7 Å². The Labute approximate surface area is 182 Å². The van der Waals surface area contributed by atoms with Gasteiger partial charge in [0.25, 0.3) is 5.91 Å². The van der Waals surface area contributed by atoms with Gasteiger partial charge in [0.15, 0.2) is 0 Å². The number of nitrogens with zero attached hydrogens (tertiary/aromatic N) is 4. The van der Waals surface area contributed by atoms with Crippen LogP contribution in [0.15, 0.2) is 48.7 Å². The highest BCUT2D eigenvalue weighted by molar-refractivity contribution is 5.95. The minimum Gasteiger partial charge on any atom is -0.354 e. The van der Waals surface area contributed by atoms with E-state index in [0.29, 0.717) is 23.5 Å². The Morgan fingerprint density at radius 3 is 2.52 bits per heavy atom. The zero-order chi connectivity index (χ0) is 22.0. The topological polar surface area (TPSA) is 53.4 Å². The summed E-state index contributed by atoms with van der Waals surface area (Å²) in [6.45, 7) is 8.10. The first kappa shape index (κ1) is 21.1. The highest BCUT2D eigenvalue weighted by Gasteiger charge is 2.18. The smallest absolute Gasteiger partial charge is 0.253 e. The predicted molar refractivity (Wildman–Crippen MR) is 120 cm³/mol. The largest absolute Gasteiger partial charge is 0.354 e. The van der Waals surface area contributed by atoms with E-state index in [9.17, 15) is 9.18 Å². The van der Waals surface area contributed by atoms with Crippen LogP contribution < -0.4 is 10.2 Å². The summed E-state index contributed by atoms with van der Waals surface area (Å²) in [6, 6.07) is 12.4. The van der Waals surface area contributed by atoms with E-state index in [1.165, 1.54) is 6.07 Å². The maximum atomic E-state index is 14.3. The van der Waals surface area contributed by atoms with Gasteiger partial charge in [0.2, 0.25) is 0 Å². The second-order valence-electron chi connectivity index (χ2n) is 8.07. The monoisotopic (exact) mass is 421 g/mol. The molecule has 162 valence electrons. The predicted octanol–water partition coefficient (Wildman–Crippen LogP) is 3.31. The molecule has 0 saturated carbocycles. The van der Waals surface area contributed by atoms with Crippen LogP contribution in [0.3, 0.4) is 0 Å². The first-order chi connectivity index (χ1) is 14.9. The minimum absolute atomic E-state index is 0.182. The van der Waals surface area contributed by atoms with Gasteiger partial charge in [-0.15, -0.1) is 0 Å². The molecule has 1 aromatic carbocycles. The summed E-state index contributed by atoms with van der Waals surface area (Å²) in [4.78, 5) is 22.0. The second-order valence-corrected chi connectivity index (χ2v) is 8.07. The van der Waals surface area contributed by atoms with Gasteiger partial charge in [-0.05, 0) is 50.7 Å². The number of nitrogens with one attached hydrogen (secondary N) is 1. The molecular weight excluding hydrogens is 393 g/mol. The number of rotatable bonds is 5. The number of carbonyl (C=O) groups excluding carboxylic acids is 1. The SMILES string of the molecule is Cc1cc(C(=O)NCc2ccc(N3CCN(C)CC3)nc2)c(C)n1-c1ccccc1F. The molecule has 6 nitrogen and oxygen atoms in total. The van der Waals surface area contributed by atoms with Crippen molar-refractivity contribution in [2.75, 3.05) is 38.1 Å². The molecule has 31 heavy (non-hydrogen) atoms. The molecule has 2 aromatic heterocycles. The van der Waals surface area contributed by atoms with E-state index in [0.717, 1.165) is 43.3 Å². The molecule has 1 N–H and O–H groups in total. The maximum absolute atomic E-state index is 14.3. The third kappa shape index (κ3) is 4.46. The molecule has 1 amide bonds. The van der Waals surface area contributed by atoms with Gasteiger partial charge < -0.3 is 19.7 Å². The number of para-hydroxylation sites is 1. The van der Waals surface area contributed by atoms with Crippen LogP contribution >= 0.6 is 0 Å². The third-order valence-electron chi connectivity index (χ3n) is 5.86. The van der Waals surface area contributed by atoms with E-state index in [1.54, 1.807) is 28.8 Å². The van der Waals surface area contributed by atoms with Crippen LogP contribution in [0.25, 0.3) is 5.69 Å². The third-order valence-corrected chi connectivity index (χ3v) is 5.86. The van der Waals surface area contributed by atoms with E-state index in [2.05, 4.69) is 27.1 Å². The number of piperazine rings is 1. The van der Waals surface area contributed by atoms with Crippen molar-refractivity contribution < 1.29 is 9.18 Å². The van der Waals surface area contributed by atoms with Crippen molar-refractivity contribution in [1.29, 1.82) is 0 Å². The Bertz CT molecular complexity index is 1070. The minimum atomic E-state index is -0.317. The summed E-state index contributed by atoms with van der Waals surface area (Å²) in [7, 11) is 2.13. The van der Waals surface area contributed by atoms with Gasteiger partial charge in [-0.1, -0.05) is 18.2 Å². The number of likely N-dealkylation sites (N-methyl/N-ethyl adjacent to an activating group) is 1. The van der Waals surface area contributed by atoms with Gasteiger partial charge >= 0.3 is 0 Å². The van der Waals surface area contributed by atoms with Crippen molar-refractivity contribution in [1.82, 2.24) is 19.8 Å². The Balaban J connectivity index is 1.42. The summed E-state index contributed by atoms with van der Waals surface area (Å²) < 4.78 is 16.0. The molecule has 4 rings (SSSR count). The van der Waals surface area contributed by atoms with Gasteiger partial charge in [0.1, 0.15) is 11.6 Å². The molecule has 3 heterocycles. The summed E-state index contributed by atoms with van der Waals surface area (Å²) >= 11 is 0. The zero-order valence-electron chi connectivity index (χ0n) is 18.2. The first-order valence-electron chi connectivity index (χ1n) is 10.5. The van der Waals surface area contributed by atoms with E-state index >= 15 is 0 Å². The number of benzene rings is 1. The van der Waals surface area contributed by atoms with Crippen LogP contribution in [0.5, 0.6) is 0 Å². The van der Waals surface area contributed by atoms with Crippen LogP contribution in [0.1, 0.15) is 27.3 Å². The molecule has 0 radical (unpaired) electrons. The van der Waals surface area contributed by atoms with Crippen molar-refractivity contribution in [3.05, 3.63) is 77.0 Å². The van der Waals surface area contributed by atoms with Gasteiger partial charge in [-0.3, -0.25) is 4.79 Å². The highest BCUT2D eigenvalue weighted by Crippen LogP contribution is 2.23. The molecule has 0 atom stereocenters. The number of carbonyl (C=O) groups is 1. The molecule has 7 heteroatoms. The second kappa shape index (κ2) is 8.89. The number of pyridine rings is 1. The first-order valence-corrected chi connectivity index (χ1v) is 10.5. The lowest BCUT2D eigenvalue weighted by Gasteiger charge is -2.33. The maximum Gasteiger partial charge on any atom is 0.253 e. The van der Waals surface area contributed by atoms with E-state index < -0.39 is 0 Å². The number of halogens is 1. The number of aryl methyl sites for hydroxylation is 1. The fraction of sp³-hybridized carbons (Fsp3) is 0.333. The molecular formula is C24H28FN5O. The van der Waals surface area contributed by atoms with Crippen LogP contribution in [-0.2, 0) is 6.54 Å². The van der Waals surface area contributed by atoms with Gasteiger partial charge in [-0.25, -0.2) is 9.37 Å². The van der Waals surface area contributed by atoms with Crippen LogP contribution in [0, 0.1) is 19.7 Å². The quantitative estimate of drug-likeness (QED) is 0.687. The lowest BCUT2D eigenvalue weighted by atomic mass is 10.2. The average molecular weight is 422 g/mol. The van der Waals surface area contributed by atoms with Gasteiger partial charge in [0.05, 0.1) is 11.3 Å². The molecule has 0 unspecified atom stereocenters. The molecule has 1 aliphatic rings. The molecule has 0 bridgehead atoms. The number of hydrogen-bond donors (Lipinski definition) is 1. The van der Waals surface area contributed by atoms with E-state index in [4.69, 9.17) is 0 Å². The van der Waals surface area contributed by atoms with E-state index in [1.807, 2.05) is 32.2 Å². The Hall–Kier alpha value is -3.19. The lowest BCUT2D eigenvalue weighted by molar-refractivity contribution is 0.0950. The summed E-state index contributed by atoms with van der Waals surface area (Å²) in [5.74, 6) is 0.471. The van der Waals surface area contributed by atoms with Crippen molar-refractivity contribution in [2.45, 2.75) is 20.4 Å². The van der Waals surface area contributed by atoms with Crippen molar-refractivity contribution in [3.8, 4) is 5.69 Å². The summed E-state index contributed by atoms with van der Waals surface area (Å²) in [5.41, 5.74) is 3.45. The van der Waals surface area contributed by atoms with Gasteiger partial charge in [0, 0.05) is 50.3 Å². The lowest BCUT2D eigenvalue weighted by Crippen LogP contribution is -2.44. The standard InChI is InChI=1S/C24H28FN5O/c1-17-14-20(18(2)30(17)22-7-5-4-6-21(22)25)24(31)27-16-19-8-9-23(26-15-19)29-12-10-28(3)11-13-29/h4-9,14-15H,10-13,16H2,1-3H3,(H,27,31). The molecule has 3 aromatic rings. The number of aromatic nitrogens is 2. The number of amides is 1. The number of anilines is 1. The Kier molecular flexibility index (Phi) is 6.04. The average Bonchev–Trinajstić information content (AvgIpc) is 3.07. The Morgan fingerprint density at radius 1 is 1.10 bits per heavy atom. The van der Waals surface area contributed by atoms with E-state index in [-0.39, 0.29) is 11.7 Å². The fourth-order valence-corrected chi connectivity index (χ4v) is 4.02. The zero-order valence-corrected chi connectivity index (χ0v) is 18.2. The molecule has 0 spiro atoms. The van der Waals surface area contributed by atoms with Crippen LogP contribution in [0.2, 0.25) is 0 Å². The summed E-state index contributed by atoms with van der Waals surface area (Å²) in [6.07, 6.45) is 1.82. The van der Waals surface area contributed by atoms with Crippen LogP contribution in [-0.4, -0.2) is 53.6 Å². The molecule has 1 fully saturated rings. The molecule has 1 aliphatic heterocycles. The molecule has 1 saturated heterocycles. The molecule has 0 aliphatic carbocycles. The number of hydrogen-bond acceptors (Lipinski definition) is 4. The summed E-state index contributed by atoms with van der Waals surface area (Å²) in [5, 5.41) is 2.96. The van der Waals surface area contributed by atoms with Crippen molar-refractivity contribution in [3.63, 3.8) is 0 Å². The highest BCUT2D eigenvalue weighted by atomic mass is 19.1.